The van der Waals surface area contributed by atoms with E-state index in [0.29, 0.717) is 0 Å². The van der Waals surface area contributed by atoms with Crippen molar-refractivity contribution in [1.82, 2.24) is 0 Å². The highest BCUT2D eigenvalue weighted by atomic mass is 16.6. The number of carbonyl (C=O) groups excluding carboxylic acids is 5. The van der Waals surface area contributed by atoms with Crippen LogP contribution in [0, 0.1) is 0 Å². The van der Waals surface area contributed by atoms with Crippen LogP contribution < -0.4 is 0 Å². The van der Waals surface area contributed by atoms with Gasteiger partial charge in [0.25, 0.3) is 0 Å². The largest absolute Gasteiger partial charge is 0.463 e. The second kappa shape index (κ2) is 17.2. The quantitative estimate of drug-likeness (QED) is 0.0691. The van der Waals surface area contributed by atoms with Crippen LogP contribution in [0.5, 0.6) is 0 Å². The van der Waals surface area contributed by atoms with Crippen molar-refractivity contribution in [2.75, 3.05) is 33.0 Å². The fraction of sp³-hybridized carbons (Fsp3) is 0.750. The Balaban J connectivity index is 5.74. The van der Waals surface area contributed by atoms with Crippen LogP contribution in [-0.2, 0) is 52.4 Å². The van der Waals surface area contributed by atoms with Crippen molar-refractivity contribution < 1.29 is 57.5 Å². The molecule has 0 aromatic heterocycles. The number of esters is 4. The van der Waals surface area contributed by atoms with Gasteiger partial charge < -0.3 is 33.5 Å². The highest BCUT2D eigenvalue weighted by Crippen LogP contribution is 2.20. The molecule has 35 heavy (non-hydrogen) atoms. The number of aliphatic hydroxyl groups excluding tert-OH is 1. The van der Waals surface area contributed by atoms with Crippen LogP contribution in [0.25, 0.3) is 10.4 Å². The smallest absolute Gasteiger partial charge is 0.303 e. The van der Waals surface area contributed by atoms with E-state index in [-0.39, 0.29) is 26.4 Å². The van der Waals surface area contributed by atoms with Crippen molar-refractivity contribution in [2.24, 2.45) is 5.11 Å². The zero-order chi connectivity index (χ0) is 27.0. The van der Waals surface area contributed by atoms with E-state index in [1.54, 1.807) is 0 Å². The van der Waals surface area contributed by atoms with E-state index in [9.17, 15) is 29.1 Å². The molecule has 0 bridgehead atoms. The monoisotopic (exact) mass is 505 g/mol. The number of carbonyl (C=O) groups is 5. The molecule has 0 saturated heterocycles. The fourth-order valence-electron chi connectivity index (χ4n) is 2.66. The molecule has 0 heterocycles. The maximum atomic E-state index is 13.1. The summed E-state index contributed by atoms with van der Waals surface area (Å²) >= 11 is 0. The van der Waals surface area contributed by atoms with E-state index in [4.69, 9.17) is 34.0 Å². The molecule has 0 spiro atoms. The highest BCUT2D eigenvalue weighted by molar-refractivity contribution is 5.90. The second-order valence-corrected chi connectivity index (χ2v) is 7.03. The first kappa shape index (κ1) is 31.7. The van der Waals surface area contributed by atoms with Crippen LogP contribution in [-0.4, -0.2) is 98.3 Å². The van der Waals surface area contributed by atoms with Gasteiger partial charge in [0.2, 0.25) is 11.9 Å². The van der Waals surface area contributed by atoms with Gasteiger partial charge >= 0.3 is 23.9 Å². The molecular formula is C20H31N3O12. The van der Waals surface area contributed by atoms with Crippen molar-refractivity contribution in [3.63, 3.8) is 0 Å². The minimum absolute atomic E-state index is 0.0430. The molecule has 0 saturated carbocycles. The molecule has 0 fully saturated rings. The van der Waals surface area contributed by atoms with E-state index in [2.05, 4.69) is 10.0 Å². The number of hydrogen-bond donors (Lipinski definition) is 1. The molecule has 1 unspecified atom stereocenters. The Labute approximate surface area is 201 Å². The lowest BCUT2D eigenvalue weighted by atomic mass is 9.97. The van der Waals surface area contributed by atoms with Gasteiger partial charge in [0.05, 0.1) is 19.8 Å². The van der Waals surface area contributed by atoms with E-state index in [1.807, 2.05) is 0 Å². The van der Waals surface area contributed by atoms with E-state index < -0.39 is 66.8 Å². The van der Waals surface area contributed by atoms with Crippen LogP contribution in [0.3, 0.4) is 0 Å². The molecule has 5 atom stereocenters. The average Bonchev–Trinajstić information content (AvgIpc) is 2.76. The maximum Gasteiger partial charge on any atom is 0.303 e. The maximum absolute atomic E-state index is 13.1. The van der Waals surface area contributed by atoms with Crippen LogP contribution >= 0.6 is 0 Å². The molecule has 0 rings (SSSR count). The van der Waals surface area contributed by atoms with Gasteiger partial charge in [0.15, 0.2) is 12.2 Å². The van der Waals surface area contributed by atoms with Crippen molar-refractivity contribution >= 4 is 29.7 Å². The van der Waals surface area contributed by atoms with Gasteiger partial charge in [0.1, 0.15) is 18.8 Å². The zero-order valence-electron chi connectivity index (χ0n) is 20.2. The van der Waals surface area contributed by atoms with E-state index >= 15 is 0 Å². The SMILES string of the molecule is CC(=O)OC[C@@H](O)[C@H](OC(C)=O)[C@H](OC(C)=O)[C@@H](OC(C)=O)C(=O)C(C)OCCOCCN=[N+]=[N-]. The van der Waals surface area contributed by atoms with Crippen LogP contribution in [0.15, 0.2) is 5.11 Å². The zero-order valence-corrected chi connectivity index (χ0v) is 20.2. The fourth-order valence-corrected chi connectivity index (χ4v) is 2.66. The summed E-state index contributed by atoms with van der Waals surface area (Å²) < 4.78 is 30.5. The standard InChI is InChI=1S/C20H31N3O12/c1-11(31-9-8-30-7-6-22-23-21)17(29)19(34-14(4)26)20(35-15(5)27)18(33-13(3)25)16(28)10-32-12(2)24/h11,16,18-20,28H,6-10H2,1-5H3/t11?,16-,18+,19+,20+/m1/s1. The van der Waals surface area contributed by atoms with Gasteiger partial charge in [0, 0.05) is 39.2 Å². The molecule has 0 aliphatic carbocycles. The third-order valence-corrected chi connectivity index (χ3v) is 4.03. The Bertz CT molecular complexity index is 783. The van der Waals surface area contributed by atoms with Crippen molar-refractivity contribution in [2.45, 2.75) is 65.1 Å². The number of hydrogen-bond acceptors (Lipinski definition) is 13. The molecule has 0 aromatic rings. The Morgan fingerprint density at radius 1 is 0.857 bits per heavy atom. The van der Waals surface area contributed by atoms with Crippen LogP contribution in [0.4, 0.5) is 0 Å². The lowest BCUT2D eigenvalue weighted by Crippen LogP contribution is -2.55. The Morgan fingerprint density at radius 3 is 1.94 bits per heavy atom. The molecule has 15 heteroatoms. The Morgan fingerprint density at radius 2 is 1.43 bits per heavy atom. The predicted octanol–water partition coefficient (Wildman–Crippen LogP) is 0.00660. The molecule has 1 N–H and O–H groups in total. The molecule has 15 nitrogen and oxygen atoms in total. The predicted molar refractivity (Wildman–Crippen MR) is 115 cm³/mol. The van der Waals surface area contributed by atoms with Crippen LogP contribution in [0.2, 0.25) is 0 Å². The van der Waals surface area contributed by atoms with Gasteiger partial charge in [-0.25, -0.2) is 0 Å². The molecular weight excluding hydrogens is 474 g/mol. The molecule has 0 aliphatic rings. The van der Waals surface area contributed by atoms with Gasteiger partial charge in [-0.05, 0) is 12.5 Å². The summed E-state index contributed by atoms with van der Waals surface area (Å²) in [6.45, 7) is 4.91. The number of azide groups is 1. The third kappa shape index (κ3) is 13.9. The number of nitrogens with zero attached hydrogens (tertiary/aromatic N) is 3. The van der Waals surface area contributed by atoms with E-state index in [0.717, 1.165) is 27.7 Å². The normalized spacial score (nSPS) is 14.8. The Hall–Kier alpha value is -3.26. The first-order chi connectivity index (χ1) is 16.4. The molecule has 0 amide bonds. The number of ether oxygens (including phenoxy) is 6. The van der Waals surface area contributed by atoms with Gasteiger partial charge in [-0.2, -0.15) is 0 Å². The summed E-state index contributed by atoms with van der Waals surface area (Å²) in [4.78, 5) is 62.0. The van der Waals surface area contributed by atoms with Gasteiger partial charge in [-0.3, -0.25) is 24.0 Å². The first-order valence-corrected chi connectivity index (χ1v) is 10.5. The van der Waals surface area contributed by atoms with Gasteiger partial charge in [-0.15, -0.1) is 0 Å². The number of aliphatic hydroxyl groups is 1. The molecule has 198 valence electrons. The van der Waals surface area contributed by atoms with Crippen molar-refractivity contribution in [3.8, 4) is 0 Å². The average molecular weight is 505 g/mol. The van der Waals surface area contributed by atoms with Crippen molar-refractivity contribution in [1.29, 1.82) is 0 Å². The summed E-state index contributed by atoms with van der Waals surface area (Å²) in [6, 6.07) is 0. The number of ketones is 1. The summed E-state index contributed by atoms with van der Waals surface area (Å²) in [6.07, 6.45) is -8.38. The Kier molecular flexibility index (Phi) is 15.6. The topological polar surface area (TPSA) is 210 Å². The summed E-state index contributed by atoms with van der Waals surface area (Å²) in [7, 11) is 0. The second-order valence-electron chi connectivity index (χ2n) is 7.03. The lowest BCUT2D eigenvalue weighted by molar-refractivity contribution is -0.199. The highest BCUT2D eigenvalue weighted by Gasteiger charge is 2.46. The summed E-state index contributed by atoms with van der Waals surface area (Å²) in [5, 5.41) is 13.8. The molecule has 0 aliphatic heterocycles. The minimum Gasteiger partial charge on any atom is -0.463 e. The number of Topliss-reactive ketones (excluding diaryl/α,β-unsaturated/α-hetero) is 1. The van der Waals surface area contributed by atoms with Crippen molar-refractivity contribution in [3.05, 3.63) is 10.4 Å². The van der Waals surface area contributed by atoms with Crippen LogP contribution in [0.1, 0.15) is 34.6 Å². The molecule has 0 aromatic carbocycles. The minimum atomic E-state index is -1.85. The lowest BCUT2D eigenvalue weighted by Gasteiger charge is -2.34. The van der Waals surface area contributed by atoms with Gasteiger partial charge in [-0.1, -0.05) is 5.11 Å². The number of rotatable bonds is 17. The van der Waals surface area contributed by atoms with E-state index in [1.165, 1.54) is 6.92 Å². The summed E-state index contributed by atoms with van der Waals surface area (Å²) in [5.41, 5.74) is 8.20. The third-order valence-electron chi connectivity index (χ3n) is 4.03. The molecule has 0 radical (unpaired) electrons. The first-order valence-electron chi connectivity index (χ1n) is 10.5. The summed E-state index contributed by atoms with van der Waals surface area (Å²) in [5.74, 6) is -4.45.